The number of hydrogen-bond donors (Lipinski definition) is 0. The van der Waals surface area contributed by atoms with Gasteiger partial charge in [-0.05, 0) is 37.1 Å². The van der Waals surface area contributed by atoms with Crippen molar-refractivity contribution >= 4 is 12.0 Å². The van der Waals surface area contributed by atoms with Crippen LogP contribution in [0.4, 0.5) is 0 Å². The lowest BCUT2D eigenvalue weighted by Gasteiger charge is -2.18. The molecule has 114 valence electrons. The number of benzene rings is 1. The molecule has 1 aliphatic rings. The lowest BCUT2D eigenvalue weighted by molar-refractivity contribution is -0.125. The van der Waals surface area contributed by atoms with E-state index in [0.29, 0.717) is 0 Å². The summed E-state index contributed by atoms with van der Waals surface area (Å²) in [5.74, 6) is 1.55. The standard InChI is InChI=1S/C17H23NO3/c1-20-15-8-9-16(21-2)14(13-15)7-10-17(19)18-11-5-3-4-6-12-18/h7-10,13H,3-6,11-12H2,1-2H3. The molecule has 0 radical (unpaired) electrons. The fourth-order valence-electron chi connectivity index (χ4n) is 2.53. The lowest BCUT2D eigenvalue weighted by atomic mass is 10.1. The molecule has 1 heterocycles. The molecule has 0 unspecified atom stereocenters. The van der Waals surface area contributed by atoms with Gasteiger partial charge in [-0.3, -0.25) is 4.79 Å². The molecule has 0 aromatic heterocycles. The number of nitrogens with zero attached hydrogens (tertiary/aromatic N) is 1. The number of ether oxygens (including phenoxy) is 2. The first kappa shape index (κ1) is 15.4. The number of carbonyl (C=O) groups is 1. The van der Waals surface area contributed by atoms with Crippen molar-refractivity contribution in [2.24, 2.45) is 0 Å². The van der Waals surface area contributed by atoms with Gasteiger partial charge in [0, 0.05) is 24.7 Å². The van der Waals surface area contributed by atoms with E-state index in [2.05, 4.69) is 0 Å². The molecule has 0 N–H and O–H groups in total. The fraction of sp³-hybridized carbons (Fsp3) is 0.471. The summed E-state index contributed by atoms with van der Waals surface area (Å²) in [7, 11) is 3.24. The molecule has 1 fully saturated rings. The Hall–Kier alpha value is -1.97. The van der Waals surface area contributed by atoms with E-state index in [1.54, 1.807) is 26.4 Å². The minimum Gasteiger partial charge on any atom is -0.497 e. The van der Waals surface area contributed by atoms with E-state index >= 15 is 0 Å². The summed E-state index contributed by atoms with van der Waals surface area (Å²) >= 11 is 0. The largest absolute Gasteiger partial charge is 0.497 e. The van der Waals surface area contributed by atoms with Gasteiger partial charge >= 0.3 is 0 Å². The quantitative estimate of drug-likeness (QED) is 0.799. The maximum absolute atomic E-state index is 12.2. The van der Waals surface area contributed by atoms with Crippen molar-refractivity contribution < 1.29 is 14.3 Å². The van der Waals surface area contributed by atoms with Gasteiger partial charge in [0.25, 0.3) is 0 Å². The van der Waals surface area contributed by atoms with Crippen molar-refractivity contribution in [1.29, 1.82) is 0 Å². The summed E-state index contributed by atoms with van der Waals surface area (Å²) in [6, 6.07) is 5.55. The van der Waals surface area contributed by atoms with Gasteiger partial charge in [-0.1, -0.05) is 12.8 Å². The maximum Gasteiger partial charge on any atom is 0.246 e. The van der Waals surface area contributed by atoms with Crippen molar-refractivity contribution in [1.82, 2.24) is 4.90 Å². The molecule has 0 aliphatic carbocycles. The topological polar surface area (TPSA) is 38.8 Å². The number of methoxy groups -OCH3 is 2. The van der Waals surface area contributed by atoms with Crippen LogP contribution in [0.2, 0.25) is 0 Å². The fourth-order valence-corrected chi connectivity index (χ4v) is 2.53. The van der Waals surface area contributed by atoms with Crippen LogP contribution in [0.25, 0.3) is 6.08 Å². The zero-order valence-corrected chi connectivity index (χ0v) is 12.8. The van der Waals surface area contributed by atoms with Gasteiger partial charge in [0.15, 0.2) is 0 Å². The molecule has 2 rings (SSSR count). The number of likely N-dealkylation sites (tertiary alicyclic amines) is 1. The van der Waals surface area contributed by atoms with Gasteiger partial charge in [-0.25, -0.2) is 0 Å². The third-order valence-electron chi connectivity index (χ3n) is 3.76. The number of amides is 1. The van der Waals surface area contributed by atoms with Crippen molar-refractivity contribution in [3.05, 3.63) is 29.8 Å². The summed E-state index contributed by atoms with van der Waals surface area (Å²) in [5.41, 5.74) is 0.847. The van der Waals surface area contributed by atoms with E-state index < -0.39 is 0 Å². The monoisotopic (exact) mass is 289 g/mol. The molecule has 1 aliphatic heterocycles. The molecule has 0 atom stereocenters. The van der Waals surface area contributed by atoms with Crippen molar-refractivity contribution in [2.75, 3.05) is 27.3 Å². The molecule has 1 saturated heterocycles. The van der Waals surface area contributed by atoms with Crippen LogP contribution in [0.1, 0.15) is 31.2 Å². The van der Waals surface area contributed by atoms with Crippen LogP contribution in [0.5, 0.6) is 11.5 Å². The third-order valence-corrected chi connectivity index (χ3v) is 3.76. The van der Waals surface area contributed by atoms with Gasteiger partial charge in [-0.2, -0.15) is 0 Å². The van der Waals surface area contributed by atoms with Crippen molar-refractivity contribution in [3.8, 4) is 11.5 Å². The molecular formula is C17H23NO3. The van der Waals surface area contributed by atoms with Gasteiger partial charge in [0.1, 0.15) is 11.5 Å². The van der Waals surface area contributed by atoms with Crippen LogP contribution in [-0.4, -0.2) is 38.1 Å². The summed E-state index contributed by atoms with van der Waals surface area (Å²) in [6.07, 6.45) is 8.07. The second-order valence-electron chi connectivity index (χ2n) is 5.18. The second kappa shape index (κ2) is 7.72. The molecule has 4 nitrogen and oxygen atoms in total. The maximum atomic E-state index is 12.2. The zero-order chi connectivity index (χ0) is 15.1. The van der Waals surface area contributed by atoms with E-state index in [-0.39, 0.29) is 5.91 Å². The minimum absolute atomic E-state index is 0.0711. The first-order valence-electron chi connectivity index (χ1n) is 7.43. The van der Waals surface area contributed by atoms with Crippen LogP contribution in [0, 0.1) is 0 Å². The highest BCUT2D eigenvalue weighted by molar-refractivity contribution is 5.92. The van der Waals surface area contributed by atoms with Gasteiger partial charge in [0.2, 0.25) is 5.91 Å². The molecule has 1 aromatic carbocycles. The summed E-state index contributed by atoms with van der Waals surface area (Å²) in [6.45, 7) is 1.72. The Bertz CT molecular complexity index is 503. The molecule has 0 saturated carbocycles. The van der Waals surface area contributed by atoms with E-state index in [4.69, 9.17) is 9.47 Å². The first-order valence-corrected chi connectivity index (χ1v) is 7.43. The first-order chi connectivity index (χ1) is 10.2. The Labute approximate surface area is 126 Å². The summed E-state index contributed by atoms with van der Waals surface area (Å²) in [4.78, 5) is 14.2. The highest BCUT2D eigenvalue weighted by Crippen LogP contribution is 2.25. The average Bonchev–Trinajstić information content (AvgIpc) is 2.81. The minimum atomic E-state index is 0.0711. The van der Waals surface area contributed by atoms with E-state index in [9.17, 15) is 4.79 Å². The summed E-state index contributed by atoms with van der Waals surface area (Å²) in [5, 5.41) is 0. The predicted octanol–water partition coefficient (Wildman–Crippen LogP) is 3.12. The molecular weight excluding hydrogens is 266 g/mol. The van der Waals surface area contributed by atoms with Crippen molar-refractivity contribution in [3.63, 3.8) is 0 Å². The Morgan fingerprint density at radius 1 is 1.10 bits per heavy atom. The van der Waals surface area contributed by atoms with Crippen LogP contribution in [-0.2, 0) is 4.79 Å². The average molecular weight is 289 g/mol. The third kappa shape index (κ3) is 4.25. The van der Waals surface area contributed by atoms with E-state index in [0.717, 1.165) is 43.0 Å². The number of hydrogen-bond acceptors (Lipinski definition) is 3. The second-order valence-corrected chi connectivity index (χ2v) is 5.18. The van der Waals surface area contributed by atoms with Gasteiger partial charge < -0.3 is 14.4 Å². The van der Waals surface area contributed by atoms with Gasteiger partial charge in [-0.15, -0.1) is 0 Å². The Morgan fingerprint density at radius 3 is 2.43 bits per heavy atom. The Kier molecular flexibility index (Phi) is 5.67. The van der Waals surface area contributed by atoms with Crippen LogP contribution < -0.4 is 9.47 Å². The molecule has 4 heteroatoms. The summed E-state index contributed by atoms with van der Waals surface area (Å²) < 4.78 is 10.5. The molecule has 1 aromatic rings. The SMILES string of the molecule is COc1ccc(OC)c(C=CC(=O)N2CCCCCC2)c1. The van der Waals surface area contributed by atoms with Crippen LogP contribution >= 0.6 is 0 Å². The molecule has 0 spiro atoms. The van der Waals surface area contributed by atoms with Crippen LogP contribution in [0.15, 0.2) is 24.3 Å². The highest BCUT2D eigenvalue weighted by atomic mass is 16.5. The molecule has 1 amide bonds. The Morgan fingerprint density at radius 2 is 1.81 bits per heavy atom. The highest BCUT2D eigenvalue weighted by Gasteiger charge is 2.13. The number of rotatable bonds is 4. The van der Waals surface area contributed by atoms with E-state index in [1.165, 1.54) is 12.8 Å². The molecule has 21 heavy (non-hydrogen) atoms. The normalized spacial score (nSPS) is 15.8. The van der Waals surface area contributed by atoms with E-state index in [1.807, 2.05) is 23.1 Å². The number of carbonyl (C=O) groups excluding carboxylic acids is 1. The Balaban J connectivity index is 2.10. The van der Waals surface area contributed by atoms with Gasteiger partial charge in [0.05, 0.1) is 14.2 Å². The zero-order valence-electron chi connectivity index (χ0n) is 12.8. The predicted molar refractivity (Wildman–Crippen MR) is 83.6 cm³/mol. The van der Waals surface area contributed by atoms with Crippen LogP contribution in [0.3, 0.4) is 0 Å². The smallest absolute Gasteiger partial charge is 0.246 e. The lowest BCUT2D eigenvalue weighted by Crippen LogP contribution is -2.30. The van der Waals surface area contributed by atoms with Crippen molar-refractivity contribution in [2.45, 2.75) is 25.7 Å². The molecule has 0 bridgehead atoms.